The predicted octanol–water partition coefficient (Wildman–Crippen LogP) is 1.37. The summed E-state index contributed by atoms with van der Waals surface area (Å²) >= 11 is 6.03. The third-order valence-corrected chi connectivity index (χ3v) is 3.81. The molecular formula is C16H22ClN3O3. The molecule has 2 rings (SSSR count). The van der Waals surface area contributed by atoms with Crippen LogP contribution in [0.5, 0.6) is 5.75 Å². The zero-order chi connectivity index (χ0) is 17.0. The van der Waals surface area contributed by atoms with Crippen LogP contribution in [0.3, 0.4) is 0 Å². The lowest BCUT2D eigenvalue weighted by Crippen LogP contribution is -2.50. The molecule has 0 spiro atoms. The molecule has 1 aliphatic rings. The lowest BCUT2D eigenvalue weighted by molar-refractivity contribution is -0.119. The van der Waals surface area contributed by atoms with Crippen molar-refractivity contribution >= 4 is 23.4 Å². The van der Waals surface area contributed by atoms with E-state index in [1.807, 2.05) is 18.7 Å². The first-order chi connectivity index (χ1) is 10.9. The van der Waals surface area contributed by atoms with Gasteiger partial charge in [-0.15, -0.1) is 0 Å². The minimum absolute atomic E-state index is 0.0323. The highest BCUT2D eigenvalue weighted by molar-refractivity contribution is 6.31. The molecule has 0 aromatic heterocycles. The van der Waals surface area contributed by atoms with Gasteiger partial charge < -0.3 is 15.4 Å². The summed E-state index contributed by atoms with van der Waals surface area (Å²) in [4.78, 5) is 27.4. The van der Waals surface area contributed by atoms with Crippen LogP contribution >= 0.6 is 11.6 Å². The van der Waals surface area contributed by atoms with Crippen molar-refractivity contribution in [3.63, 3.8) is 0 Å². The molecule has 1 aromatic rings. The third-order valence-electron chi connectivity index (χ3n) is 3.57. The maximum absolute atomic E-state index is 12.8. The van der Waals surface area contributed by atoms with Gasteiger partial charge in [0.15, 0.2) is 0 Å². The molecule has 1 aliphatic heterocycles. The summed E-state index contributed by atoms with van der Waals surface area (Å²) in [5.41, 5.74) is 5.67. The molecule has 6 nitrogen and oxygen atoms in total. The molecule has 1 saturated heterocycles. The van der Waals surface area contributed by atoms with E-state index in [2.05, 4.69) is 0 Å². The second kappa shape index (κ2) is 7.66. The quantitative estimate of drug-likeness (QED) is 0.879. The van der Waals surface area contributed by atoms with Gasteiger partial charge in [-0.25, -0.2) is 0 Å². The first-order valence-electron chi connectivity index (χ1n) is 7.63. The van der Waals surface area contributed by atoms with Crippen molar-refractivity contribution < 1.29 is 14.3 Å². The Morgan fingerprint density at radius 2 is 1.91 bits per heavy atom. The number of benzene rings is 1. The van der Waals surface area contributed by atoms with Crippen molar-refractivity contribution in [2.45, 2.75) is 20.0 Å². The van der Waals surface area contributed by atoms with Crippen LogP contribution in [-0.4, -0.2) is 60.4 Å². The Morgan fingerprint density at radius 1 is 1.26 bits per heavy atom. The van der Waals surface area contributed by atoms with Crippen LogP contribution in [0.4, 0.5) is 0 Å². The van der Waals surface area contributed by atoms with Gasteiger partial charge in [-0.2, -0.15) is 0 Å². The average Bonchev–Trinajstić information content (AvgIpc) is 2.48. The molecule has 0 radical (unpaired) electrons. The Hall–Kier alpha value is -1.79. The second-order valence-corrected chi connectivity index (χ2v) is 6.28. The number of carbonyl (C=O) groups is 2. The van der Waals surface area contributed by atoms with Gasteiger partial charge in [0.1, 0.15) is 5.75 Å². The van der Waals surface area contributed by atoms with Gasteiger partial charge in [0.25, 0.3) is 5.91 Å². The summed E-state index contributed by atoms with van der Waals surface area (Å²) in [5.74, 6) is 0.0723. The van der Waals surface area contributed by atoms with Crippen LogP contribution in [0, 0.1) is 0 Å². The van der Waals surface area contributed by atoms with E-state index < -0.39 is 0 Å². The molecule has 0 saturated carbocycles. The molecule has 1 heterocycles. The Kier molecular flexibility index (Phi) is 5.85. The number of hydrogen-bond acceptors (Lipinski definition) is 4. The van der Waals surface area contributed by atoms with Crippen molar-refractivity contribution in [1.82, 2.24) is 9.80 Å². The van der Waals surface area contributed by atoms with Crippen molar-refractivity contribution in [1.29, 1.82) is 0 Å². The standard InChI is InChI=1S/C16H22ClN3O3/c1-11(2)23-14-4-3-12(17)9-13(14)16(22)20-7-5-19(6-8-20)10-15(18)21/h3-4,9,11H,5-8,10H2,1-2H3,(H2,18,21). The number of rotatable bonds is 5. The van der Waals surface area contributed by atoms with E-state index in [9.17, 15) is 9.59 Å². The van der Waals surface area contributed by atoms with E-state index in [1.165, 1.54) is 0 Å². The molecular weight excluding hydrogens is 318 g/mol. The number of ether oxygens (including phenoxy) is 1. The number of halogens is 1. The number of carbonyl (C=O) groups excluding carboxylic acids is 2. The monoisotopic (exact) mass is 339 g/mol. The van der Waals surface area contributed by atoms with Crippen molar-refractivity contribution in [2.75, 3.05) is 32.7 Å². The normalized spacial score (nSPS) is 15.7. The number of hydrogen-bond donors (Lipinski definition) is 1. The van der Waals surface area contributed by atoms with Gasteiger partial charge in [0.2, 0.25) is 5.91 Å². The second-order valence-electron chi connectivity index (χ2n) is 5.84. The van der Waals surface area contributed by atoms with E-state index in [-0.39, 0.29) is 24.5 Å². The summed E-state index contributed by atoms with van der Waals surface area (Å²) in [5, 5.41) is 0.497. The molecule has 0 bridgehead atoms. The molecule has 23 heavy (non-hydrogen) atoms. The maximum atomic E-state index is 12.8. The summed E-state index contributed by atoms with van der Waals surface area (Å²) in [6.45, 7) is 6.36. The van der Waals surface area contributed by atoms with Gasteiger partial charge in [0, 0.05) is 31.2 Å². The Morgan fingerprint density at radius 3 is 2.48 bits per heavy atom. The fourth-order valence-electron chi connectivity index (χ4n) is 2.53. The van der Waals surface area contributed by atoms with E-state index in [1.54, 1.807) is 23.1 Å². The van der Waals surface area contributed by atoms with Gasteiger partial charge in [0.05, 0.1) is 18.2 Å². The molecule has 0 aliphatic carbocycles. The Balaban J connectivity index is 2.09. The van der Waals surface area contributed by atoms with Crippen LogP contribution in [0.15, 0.2) is 18.2 Å². The highest BCUT2D eigenvalue weighted by Gasteiger charge is 2.25. The number of piperazine rings is 1. The molecule has 1 aromatic carbocycles. The van der Waals surface area contributed by atoms with E-state index in [0.717, 1.165) is 0 Å². The zero-order valence-corrected chi connectivity index (χ0v) is 14.2. The smallest absolute Gasteiger partial charge is 0.257 e. The summed E-state index contributed by atoms with van der Waals surface area (Å²) in [6, 6.07) is 5.07. The van der Waals surface area contributed by atoms with Gasteiger partial charge in [-0.3, -0.25) is 14.5 Å². The maximum Gasteiger partial charge on any atom is 0.257 e. The fraction of sp³-hybridized carbons (Fsp3) is 0.500. The largest absolute Gasteiger partial charge is 0.490 e. The SMILES string of the molecule is CC(C)Oc1ccc(Cl)cc1C(=O)N1CCN(CC(N)=O)CC1. The van der Waals surface area contributed by atoms with Crippen LogP contribution < -0.4 is 10.5 Å². The average molecular weight is 340 g/mol. The predicted molar refractivity (Wildman–Crippen MR) is 88.8 cm³/mol. The molecule has 2 amide bonds. The van der Waals surface area contributed by atoms with Crippen molar-refractivity contribution in [2.24, 2.45) is 5.73 Å². The summed E-state index contributed by atoms with van der Waals surface area (Å²) < 4.78 is 5.71. The van der Waals surface area contributed by atoms with E-state index >= 15 is 0 Å². The van der Waals surface area contributed by atoms with Crippen molar-refractivity contribution in [3.8, 4) is 5.75 Å². The molecule has 7 heteroatoms. The van der Waals surface area contributed by atoms with E-state index in [4.69, 9.17) is 22.1 Å². The Bertz CT molecular complexity index is 584. The van der Waals surface area contributed by atoms with E-state index in [0.29, 0.717) is 42.5 Å². The summed E-state index contributed by atoms with van der Waals surface area (Å²) in [6.07, 6.45) is -0.0323. The van der Waals surface area contributed by atoms with Crippen LogP contribution in [0.2, 0.25) is 5.02 Å². The first kappa shape index (κ1) is 17.6. The minimum atomic E-state index is -0.354. The highest BCUT2D eigenvalue weighted by Crippen LogP contribution is 2.25. The minimum Gasteiger partial charge on any atom is -0.490 e. The number of nitrogens with zero attached hydrogens (tertiary/aromatic N) is 2. The number of primary amides is 1. The first-order valence-corrected chi connectivity index (χ1v) is 8.00. The Labute approximate surface area is 141 Å². The van der Waals surface area contributed by atoms with Crippen LogP contribution in [-0.2, 0) is 4.79 Å². The highest BCUT2D eigenvalue weighted by atomic mass is 35.5. The molecule has 2 N–H and O–H groups in total. The van der Waals surface area contributed by atoms with Crippen molar-refractivity contribution in [3.05, 3.63) is 28.8 Å². The molecule has 1 fully saturated rings. The zero-order valence-electron chi connectivity index (χ0n) is 13.4. The lowest BCUT2D eigenvalue weighted by Gasteiger charge is -2.34. The summed E-state index contributed by atoms with van der Waals surface area (Å²) in [7, 11) is 0. The van der Waals surface area contributed by atoms with Gasteiger partial charge in [-0.05, 0) is 32.0 Å². The lowest BCUT2D eigenvalue weighted by atomic mass is 10.1. The molecule has 0 atom stereocenters. The number of amides is 2. The fourth-order valence-corrected chi connectivity index (χ4v) is 2.70. The third kappa shape index (κ3) is 4.84. The molecule has 0 unspecified atom stereocenters. The van der Waals surface area contributed by atoms with Gasteiger partial charge in [-0.1, -0.05) is 11.6 Å². The molecule has 126 valence electrons. The van der Waals surface area contributed by atoms with Gasteiger partial charge >= 0.3 is 0 Å². The van der Waals surface area contributed by atoms with Crippen LogP contribution in [0.1, 0.15) is 24.2 Å². The number of nitrogens with two attached hydrogens (primary N) is 1. The van der Waals surface area contributed by atoms with Crippen LogP contribution in [0.25, 0.3) is 0 Å². The topological polar surface area (TPSA) is 75.9 Å².